The maximum Gasteiger partial charge on any atom is 0.228 e. The molecule has 2 aromatic heterocycles. The minimum atomic E-state index is -0.0761. The lowest BCUT2D eigenvalue weighted by atomic mass is 10.1. The highest BCUT2D eigenvalue weighted by Gasteiger charge is 2.08. The monoisotopic (exact) mass is 302 g/mol. The van der Waals surface area contributed by atoms with Gasteiger partial charge in [0.25, 0.3) is 0 Å². The zero-order valence-electron chi connectivity index (χ0n) is 10.5. The molecule has 0 spiro atoms. The van der Waals surface area contributed by atoms with Gasteiger partial charge < -0.3 is 5.32 Å². The predicted molar refractivity (Wildman–Crippen MR) is 83.4 cm³/mol. The van der Waals surface area contributed by atoms with Crippen LogP contribution in [-0.2, 0) is 11.2 Å². The molecule has 3 rings (SSSR count). The van der Waals surface area contributed by atoms with Gasteiger partial charge in [0.15, 0.2) is 0 Å². The molecule has 3 nitrogen and oxygen atoms in total. The van der Waals surface area contributed by atoms with Crippen molar-refractivity contribution in [3.8, 4) is 0 Å². The number of rotatable bonds is 3. The molecule has 3 aromatic rings. The maximum absolute atomic E-state index is 12.1. The van der Waals surface area contributed by atoms with Crippen LogP contribution in [0.3, 0.4) is 0 Å². The van der Waals surface area contributed by atoms with Crippen molar-refractivity contribution in [1.29, 1.82) is 0 Å². The molecule has 100 valence electrons. The van der Waals surface area contributed by atoms with Crippen LogP contribution in [0.5, 0.6) is 0 Å². The zero-order valence-corrected chi connectivity index (χ0v) is 12.0. The average molecular weight is 303 g/mol. The van der Waals surface area contributed by atoms with Crippen LogP contribution in [0.4, 0.5) is 5.69 Å². The summed E-state index contributed by atoms with van der Waals surface area (Å²) in [5, 5.41) is 6.54. The van der Waals surface area contributed by atoms with E-state index in [1.807, 2.05) is 23.6 Å². The van der Waals surface area contributed by atoms with Gasteiger partial charge in [0.1, 0.15) is 0 Å². The van der Waals surface area contributed by atoms with E-state index in [-0.39, 0.29) is 5.91 Å². The number of carbonyl (C=O) groups is 1. The van der Waals surface area contributed by atoms with E-state index in [0.717, 1.165) is 21.3 Å². The van der Waals surface area contributed by atoms with E-state index in [1.165, 1.54) is 0 Å². The topological polar surface area (TPSA) is 42.0 Å². The van der Waals surface area contributed by atoms with Gasteiger partial charge in [-0.3, -0.25) is 9.78 Å². The number of carbonyl (C=O) groups excluding carboxylic acids is 1. The van der Waals surface area contributed by atoms with Gasteiger partial charge in [0, 0.05) is 16.6 Å². The van der Waals surface area contributed by atoms with Crippen molar-refractivity contribution >= 4 is 44.6 Å². The summed E-state index contributed by atoms with van der Waals surface area (Å²) in [7, 11) is 0. The number of thiophene rings is 1. The van der Waals surface area contributed by atoms with E-state index < -0.39 is 0 Å². The van der Waals surface area contributed by atoms with Gasteiger partial charge in [-0.25, -0.2) is 0 Å². The predicted octanol–water partition coefficient (Wildman–Crippen LogP) is 4.13. The Kier molecular flexibility index (Phi) is 3.67. The third-order valence-corrected chi connectivity index (χ3v) is 4.00. The molecule has 0 radical (unpaired) electrons. The van der Waals surface area contributed by atoms with Crippen LogP contribution in [-0.4, -0.2) is 10.9 Å². The summed E-state index contributed by atoms with van der Waals surface area (Å²) in [5.74, 6) is -0.0761. The number of pyridine rings is 1. The second kappa shape index (κ2) is 5.61. The molecule has 0 fully saturated rings. The molecule has 0 aliphatic heterocycles. The van der Waals surface area contributed by atoms with Crippen LogP contribution in [0.2, 0.25) is 5.02 Å². The summed E-state index contributed by atoms with van der Waals surface area (Å²) in [4.78, 5) is 16.2. The summed E-state index contributed by atoms with van der Waals surface area (Å²) in [5.41, 5.74) is 1.64. The Morgan fingerprint density at radius 3 is 3.05 bits per heavy atom. The van der Waals surface area contributed by atoms with Gasteiger partial charge >= 0.3 is 0 Å². The normalized spacial score (nSPS) is 10.7. The fraction of sp³-hybridized carbons (Fsp3) is 0.0667. The summed E-state index contributed by atoms with van der Waals surface area (Å²) < 4.78 is 1.06. The molecular weight excluding hydrogens is 292 g/mol. The molecule has 2 heterocycles. The zero-order chi connectivity index (χ0) is 13.9. The van der Waals surface area contributed by atoms with Crippen LogP contribution < -0.4 is 5.32 Å². The highest BCUT2D eigenvalue weighted by Crippen LogP contribution is 2.26. The van der Waals surface area contributed by atoms with Crippen LogP contribution in [0, 0.1) is 0 Å². The molecule has 0 atom stereocenters. The third-order valence-electron chi connectivity index (χ3n) is 2.91. The summed E-state index contributed by atoms with van der Waals surface area (Å²) in [6, 6.07) is 9.29. The number of hydrogen-bond donors (Lipinski definition) is 1. The standard InChI is InChI=1S/C15H11ClN2OS/c16-11-3-1-2-10(6-11)7-15(19)18-13-8-17-9-14-12(13)4-5-20-14/h1-6,8-9H,7H2,(H,18,19). The molecule has 20 heavy (non-hydrogen) atoms. The number of amides is 1. The molecule has 0 bridgehead atoms. The Balaban J connectivity index is 1.77. The Morgan fingerprint density at radius 2 is 2.20 bits per heavy atom. The second-order valence-electron chi connectivity index (χ2n) is 4.37. The molecule has 0 saturated carbocycles. The number of anilines is 1. The lowest BCUT2D eigenvalue weighted by molar-refractivity contribution is -0.115. The number of halogens is 1. The van der Waals surface area contributed by atoms with Crippen LogP contribution in [0.15, 0.2) is 48.1 Å². The van der Waals surface area contributed by atoms with Gasteiger partial charge in [0.05, 0.1) is 23.0 Å². The first kappa shape index (κ1) is 13.1. The molecule has 0 saturated heterocycles. The van der Waals surface area contributed by atoms with Crippen LogP contribution in [0.1, 0.15) is 5.56 Å². The molecule has 0 aliphatic carbocycles. The van der Waals surface area contributed by atoms with E-state index in [9.17, 15) is 4.79 Å². The number of hydrogen-bond acceptors (Lipinski definition) is 3. The van der Waals surface area contributed by atoms with E-state index in [4.69, 9.17) is 11.6 Å². The Morgan fingerprint density at radius 1 is 1.30 bits per heavy atom. The number of nitrogens with one attached hydrogen (secondary N) is 1. The van der Waals surface area contributed by atoms with E-state index >= 15 is 0 Å². The molecule has 1 amide bonds. The number of nitrogens with zero attached hydrogens (tertiary/aromatic N) is 1. The van der Waals surface area contributed by atoms with Crippen molar-refractivity contribution < 1.29 is 4.79 Å². The molecule has 5 heteroatoms. The summed E-state index contributed by atoms with van der Waals surface area (Å²) >= 11 is 7.51. The first-order chi connectivity index (χ1) is 9.72. The maximum atomic E-state index is 12.1. The fourth-order valence-electron chi connectivity index (χ4n) is 2.02. The lowest BCUT2D eigenvalue weighted by Crippen LogP contribution is -2.14. The SMILES string of the molecule is O=C(Cc1cccc(Cl)c1)Nc1cncc2sccc12. The minimum Gasteiger partial charge on any atom is -0.324 e. The van der Waals surface area contributed by atoms with Crippen LogP contribution in [0.25, 0.3) is 10.1 Å². The quantitative estimate of drug-likeness (QED) is 0.790. The van der Waals surface area contributed by atoms with Gasteiger partial charge in [-0.2, -0.15) is 0 Å². The summed E-state index contributed by atoms with van der Waals surface area (Å²) in [6.07, 6.45) is 3.76. The first-order valence-corrected chi connectivity index (χ1v) is 7.33. The fourth-order valence-corrected chi connectivity index (χ4v) is 3.01. The Bertz CT molecular complexity index is 769. The van der Waals surface area contributed by atoms with Gasteiger partial charge in [-0.05, 0) is 29.1 Å². The Hall–Kier alpha value is -1.91. The average Bonchev–Trinajstić information content (AvgIpc) is 2.88. The lowest BCUT2D eigenvalue weighted by Gasteiger charge is -2.06. The van der Waals surface area contributed by atoms with Crippen molar-refractivity contribution in [2.75, 3.05) is 5.32 Å². The highest BCUT2D eigenvalue weighted by molar-refractivity contribution is 7.17. The van der Waals surface area contributed by atoms with Crippen molar-refractivity contribution in [1.82, 2.24) is 4.98 Å². The number of aromatic nitrogens is 1. The van der Waals surface area contributed by atoms with E-state index in [0.29, 0.717) is 11.4 Å². The number of benzene rings is 1. The molecule has 0 aliphatic rings. The van der Waals surface area contributed by atoms with Crippen LogP contribution >= 0.6 is 22.9 Å². The summed E-state index contributed by atoms with van der Waals surface area (Å²) in [6.45, 7) is 0. The van der Waals surface area contributed by atoms with E-state index in [2.05, 4.69) is 10.3 Å². The van der Waals surface area contributed by atoms with E-state index in [1.54, 1.807) is 35.9 Å². The highest BCUT2D eigenvalue weighted by atomic mass is 35.5. The third kappa shape index (κ3) is 2.81. The molecule has 0 unspecified atom stereocenters. The number of fused-ring (bicyclic) bond motifs is 1. The van der Waals surface area contributed by atoms with Gasteiger partial charge in [0.2, 0.25) is 5.91 Å². The second-order valence-corrected chi connectivity index (χ2v) is 5.76. The first-order valence-electron chi connectivity index (χ1n) is 6.08. The van der Waals surface area contributed by atoms with Crippen molar-refractivity contribution in [3.63, 3.8) is 0 Å². The van der Waals surface area contributed by atoms with Gasteiger partial charge in [-0.1, -0.05) is 23.7 Å². The van der Waals surface area contributed by atoms with Crippen molar-refractivity contribution in [2.24, 2.45) is 0 Å². The van der Waals surface area contributed by atoms with Crippen molar-refractivity contribution in [2.45, 2.75) is 6.42 Å². The molecule has 1 aromatic carbocycles. The molecule has 1 N–H and O–H groups in total. The van der Waals surface area contributed by atoms with Gasteiger partial charge in [-0.15, -0.1) is 11.3 Å². The smallest absolute Gasteiger partial charge is 0.228 e. The Labute approximate surface area is 125 Å². The van der Waals surface area contributed by atoms with Crippen molar-refractivity contribution in [3.05, 3.63) is 58.7 Å². The largest absolute Gasteiger partial charge is 0.324 e. The molecular formula is C15H11ClN2OS. The minimum absolute atomic E-state index is 0.0761.